The van der Waals surface area contributed by atoms with Crippen molar-refractivity contribution in [2.45, 2.75) is 45.1 Å². The molecule has 2 unspecified atom stereocenters. The van der Waals surface area contributed by atoms with E-state index in [0.29, 0.717) is 18.4 Å². The van der Waals surface area contributed by atoms with Gasteiger partial charge < -0.3 is 0 Å². The first-order valence-corrected chi connectivity index (χ1v) is 5.73. The Morgan fingerprint density at radius 3 is 2.87 bits per heavy atom. The SMILES string of the molecule is C#CCNC1(C#N)CCCC(C(C)C)C1. The maximum absolute atomic E-state index is 9.29. The monoisotopic (exact) mass is 204 g/mol. The fourth-order valence-electron chi connectivity index (χ4n) is 2.41. The van der Waals surface area contributed by atoms with Crippen molar-refractivity contribution in [2.75, 3.05) is 6.54 Å². The van der Waals surface area contributed by atoms with Gasteiger partial charge in [0.1, 0.15) is 5.54 Å². The van der Waals surface area contributed by atoms with E-state index in [-0.39, 0.29) is 5.54 Å². The molecule has 2 nitrogen and oxygen atoms in total. The fourth-order valence-corrected chi connectivity index (χ4v) is 2.41. The van der Waals surface area contributed by atoms with Crippen LogP contribution in [-0.4, -0.2) is 12.1 Å². The molecule has 0 aromatic heterocycles. The third-order valence-corrected chi connectivity index (χ3v) is 3.47. The molecular formula is C13H20N2. The fraction of sp³-hybridized carbons (Fsp3) is 0.769. The van der Waals surface area contributed by atoms with Crippen molar-refractivity contribution in [3.8, 4) is 18.4 Å². The summed E-state index contributed by atoms with van der Waals surface area (Å²) in [5, 5.41) is 12.5. The van der Waals surface area contributed by atoms with Gasteiger partial charge in [-0.1, -0.05) is 26.2 Å². The second kappa shape index (κ2) is 5.19. The quantitative estimate of drug-likeness (QED) is 0.716. The van der Waals surface area contributed by atoms with Gasteiger partial charge in [0.05, 0.1) is 12.6 Å². The van der Waals surface area contributed by atoms with Crippen molar-refractivity contribution in [2.24, 2.45) is 11.8 Å². The molecule has 1 fully saturated rings. The Morgan fingerprint density at radius 2 is 2.33 bits per heavy atom. The normalized spacial score (nSPS) is 30.9. The van der Waals surface area contributed by atoms with Crippen molar-refractivity contribution in [1.82, 2.24) is 5.32 Å². The van der Waals surface area contributed by atoms with E-state index >= 15 is 0 Å². The molecular weight excluding hydrogens is 184 g/mol. The second-order valence-electron chi connectivity index (χ2n) is 4.85. The number of nitrogens with one attached hydrogen (secondary N) is 1. The first kappa shape index (κ1) is 12.1. The van der Waals surface area contributed by atoms with Gasteiger partial charge in [-0.05, 0) is 31.1 Å². The molecule has 1 aliphatic carbocycles. The molecule has 82 valence electrons. The van der Waals surface area contributed by atoms with E-state index in [2.05, 4.69) is 31.2 Å². The summed E-state index contributed by atoms with van der Waals surface area (Å²) in [4.78, 5) is 0. The Hall–Kier alpha value is -0.990. The van der Waals surface area contributed by atoms with Crippen LogP contribution in [0.2, 0.25) is 0 Å². The summed E-state index contributed by atoms with van der Waals surface area (Å²) in [6.07, 6.45) is 9.50. The van der Waals surface area contributed by atoms with E-state index in [4.69, 9.17) is 6.42 Å². The largest absolute Gasteiger partial charge is 0.288 e. The Balaban J connectivity index is 2.65. The lowest BCUT2D eigenvalue weighted by Crippen LogP contribution is -2.48. The second-order valence-corrected chi connectivity index (χ2v) is 4.85. The van der Waals surface area contributed by atoms with E-state index in [9.17, 15) is 5.26 Å². The number of hydrogen-bond donors (Lipinski definition) is 1. The maximum Gasteiger partial charge on any atom is 0.107 e. The third-order valence-electron chi connectivity index (χ3n) is 3.47. The molecule has 0 spiro atoms. The minimum absolute atomic E-state index is 0.362. The summed E-state index contributed by atoms with van der Waals surface area (Å²) >= 11 is 0. The van der Waals surface area contributed by atoms with Gasteiger partial charge in [0, 0.05) is 0 Å². The molecule has 1 N–H and O–H groups in total. The van der Waals surface area contributed by atoms with Crippen LogP contribution in [0.3, 0.4) is 0 Å². The van der Waals surface area contributed by atoms with Gasteiger partial charge in [0.25, 0.3) is 0 Å². The zero-order valence-electron chi connectivity index (χ0n) is 9.71. The highest BCUT2D eigenvalue weighted by atomic mass is 15.0. The van der Waals surface area contributed by atoms with Crippen LogP contribution >= 0.6 is 0 Å². The van der Waals surface area contributed by atoms with Crippen LogP contribution in [0.4, 0.5) is 0 Å². The Labute approximate surface area is 93.1 Å². The Kier molecular flexibility index (Phi) is 4.18. The predicted molar refractivity (Wildman–Crippen MR) is 62.0 cm³/mol. The van der Waals surface area contributed by atoms with Crippen molar-refractivity contribution in [3.05, 3.63) is 0 Å². The van der Waals surface area contributed by atoms with Crippen molar-refractivity contribution in [3.63, 3.8) is 0 Å². The van der Waals surface area contributed by atoms with Gasteiger partial charge in [-0.15, -0.1) is 6.42 Å². The van der Waals surface area contributed by atoms with E-state index in [1.807, 2.05) is 0 Å². The average Bonchev–Trinajstić information content (AvgIpc) is 2.26. The smallest absolute Gasteiger partial charge is 0.107 e. The predicted octanol–water partition coefficient (Wildman–Crippen LogP) is 2.32. The molecule has 1 rings (SSSR count). The highest BCUT2D eigenvalue weighted by Crippen LogP contribution is 2.35. The summed E-state index contributed by atoms with van der Waals surface area (Å²) in [6, 6.07) is 2.43. The number of hydrogen-bond acceptors (Lipinski definition) is 2. The lowest BCUT2D eigenvalue weighted by molar-refractivity contribution is 0.193. The van der Waals surface area contributed by atoms with Crippen molar-refractivity contribution in [1.29, 1.82) is 5.26 Å². The van der Waals surface area contributed by atoms with Crippen LogP contribution in [0.5, 0.6) is 0 Å². The standard InChI is InChI=1S/C13H20N2/c1-4-8-15-13(10-14)7-5-6-12(9-13)11(2)3/h1,11-12,15H,5-9H2,2-3H3. The first-order valence-electron chi connectivity index (χ1n) is 5.73. The molecule has 0 saturated heterocycles. The molecule has 0 aliphatic heterocycles. The van der Waals surface area contributed by atoms with Gasteiger partial charge in [0.15, 0.2) is 0 Å². The van der Waals surface area contributed by atoms with Crippen molar-refractivity contribution < 1.29 is 0 Å². The molecule has 0 aromatic rings. The molecule has 2 heteroatoms. The van der Waals surface area contributed by atoms with E-state index in [0.717, 1.165) is 19.3 Å². The molecule has 0 radical (unpaired) electrons. The number of nitriles is 1. The first-order chi connectivity index (χ1) is 7.13. The molecule has 0 aromatic carbocycles. The number of terminal acetylenes is 1. The summed E-state index contributed by atoms with van der Waals surface area (Å²) in [5.74, 6) is 3.87. The van der Waals surface area contributed by atoms with Crippen LogP contribution < -0.4 is 5.32 Å². The van der Waals surface area contributed by atoms with Gasteiger partial charge in [-0.25, -0.2) is 0 Å². The molecule has 0 amide bonds. The van der Waals surface area contributed by atoms with Gasteiger partial charge in [-0.2, -0.15) is 5.26 Å². The van der Waals surface area contributed by atoms with Crippen LogP contribution in [0.1, 0.15) is 39.5 Å². The molecule has 0 heterocycles. The van der Waals surface area contributed by atoms with Gasteiger partial charge in [-0.3, -0.25) is 5.32 Å². The molecule has 1 aliphatic rings. The molecule has 2 atom stereocenters. The van der Waals surface area contributed by atoms with Crippen LogP contribution in [0.15, 0.2) is 0 Å². The number of rotatable bonds is 3. The summed E-state index contributed by atoms with van der Waals surface area (Å²) in [5.41, 5.74) is -0.362. The third kappa shape index (κ3) is 2.98. The zero-order valence-corrected chi connectivity index (χ0v) is 9.71. The summed E-state index contributed by atoms with van der Waals surface area (Å²) in [7, 11) is 0. The highest BCUT2D eigenvalue weighted by Gasteiger charge is 2.36. The summed E-state index contributed by atoms with van der Waals surface area (Å²) < 4.78 is 0. The topological polar surface area (TPSA) is 35.8 Å². The van der Waals surface area contributed by atoms with E-state index in [1.54, 1.807) is 0 Å². The van der Waals surface area contributed by atoms with Crippen LogP contribution in [0.25, 0.3) is 0 Å². The average molecular weight is 204 g/mol. The highest BCUT2D eigenvalue weighted by molar-refractivity contribution is 5.11. The van der Waals surface area contributed by atoms with Gasteiger partial charge in [0.2, 0.25) is 0 Å². The lowest BCUT2D eigenvalue weighted by Gasteiger charge is -2.37. The molecule has 0 bridgehead atoms. The Bertz CT molecular complexity index is 282. The minimum atomic E-state index is -0.362. The Morgan fingerprint density at radius 1 is 1.60 bits per heavy atom. The molecule has 1 saturated carbocycles. The van der Waals surface area contributed by atoms with Crippen LogP contribution in [0, 0.1) is 35.5 Å². The lowest BCUT2D eigenvalue weighted by atomic mass is 9.72. The zero-order chi connectivity index (χ0) is 11.3. The van der Waals surface area contributed by atoms with E-state index < -0.39 is 0 Å². The van der Waals surface area contributed by atoms with E-state index in [1.165, 1.54) is 6.42 Å². The molecule has 15 heavy (non-hydrogen) atoms. The van der Waals surface area contributed by atoms with Crippen LogP contribution in [-0.2, 0) is 0 Å². The summed E-state index contributed by atoms with van der Waals surface area (Å²) in [6.45, 7) is 4.97. The maximum atomic E-state index is 9.29. The number of nitrogens with zero attached hydrogens (tertiary/aromatic N) is 1. The van der Waals surface area contributed by atoms with Crippen molar-refractivity contribution >= 4 is 0 Å². The van der Waals surface area contributed by atoms with Gasteiger partial charge >= 0.3 is 0 Å². The minimum Gasteiger partial charge on any atom is -0.288 e.